The monoisotopic (exact) mass is 201 g/mol. The molecular formula is C7H11N3O2S. The Balaban J connectivity index is 2.27. The van der Waals surface area contributed by atoms with Crippen LogP contribution >= 0.6 is 11.5 Å². The van der Waals surface area contributed by atoms with Crippen molar-refractivity contribution in [1.29, 1.82) is 0 Å². The van der Waals surface area contributed by atoms with Crippen LogP contribution in [0.4, 0.5) is 0 Å². The van der Waals surface area contributed by atoms with E-state index in [-0.39, 0.29) is 12.0 Å². The molecule has 1 aromatic heterocycles. The molecule has 0 saturated heterocycles. The Morgan fingerprint density at radius 2 is 2.62 bits per heavy atom. The lowest BCUT2D eigenvalue weighted by Crippen LogP contribution is -2.25. The van der Waals surface area contributed by atoms with Gasteiger partial charge in [-0.25, -0.2) is 0 Å². The van der Waals surface area contributed by atoms with Gasteiger partial charge < -0.3 is 10.4 Å². The molecule has 1 atom stereocenters. The molecule has 1 unspecified atom stereocenters. The molecule has 1 rings (SSSR count). The van der Waals surface area contributed by atoms with Crippen LogP contribution in [-0.2, 0) is 0 Å². The number of rotatable bonds is 4. The van der Waals surface area contributed by atoms with Gasteiger partial charge in [0.25, 0.3) is 5.91 Å². The summed E-state index contributed by atoms with van der Waals surface area (Å²) in [5, 5.41) is 15.1. The fraction of sp³-hybridized carbons (Fsp3) is 0.571. The zero-order valence-electron chi connectivity index (χ0n) is 7.23. The number of hydrogen-bond donors (Lipinski definition) is 2. The predicted molar refractivity (Wildman–Crippen MR) is 48.5 cm³/mol. The molecule has 13 heavy (non-hydrogen) atoms. The summed E-state index contributed by atoms with van der Waals surface area (Å²) in [6.07, 6.45) is 1.58. The van der Waals surface area contributed by atoms with Crippen LogP contribution in [0.25, 0.3) is 0 Å². The van der Waals surface area contributed by atoms with Crippen molar-refractivity contribution in [2.75, 3.05) is 6.54 Å². The number of aliphatic hydroxyl groups excluding tert-OH is 1. The second-order valence-corrected chi connectivity index (χ2v) is 3.46. The minimum Gasteiger partial charge on any atom is -0.393 e. The van der Waals surface area contributed by atoms with Crippen LogP contribution in [0.3, 0.4) is 0 Å². The summed E-state index contributed by atoms with van der Waals surface area (Å²) in [5.41, 5.74) is 0. The summed E-state index contributed by atoms with van der Waals surface area (Å²) in [5.74, 6) is -0.185. The average Bonchev–Trinajstić information content (AvgIpc) is 2.55. The van der Waals surface area contributed by atoms with Gasteiger partial charge in [-0.2, -0.15) is 0 Å². The maximum atomic E-state index is 11.2. The van der Waals surface area contributed by atoms with E-state index in [1.165, 1.54) is 6.20 Å². The van der Waals surface area contributed by atoms with Crippen LogP contribution in [-0.4, -0.2) is 33.2 Å². The Kier molecular flexibility index (Phi) is 3.78. The normalized spacial score (nSPS) is 12.5. The molecule has 1 aromatic rings. The van der Waals surface area contributed by atoms with Crippen molar-refractivity contribution in [2.24, 2.45) is 0 Å². The van der Waals surface area contributed by atoms with Gasteiger partial charge in [0.2, 0.25) is 0 Å². The summed E-state index contributed by atoms with van der Waals surface area (Å²) in [4.78, 5) is 11.7. The molecule has 0 saturated carbocycles. The van der Waals surface area contributed by atoms with E-state index in [1.54, 1.807) is 6.92 Å². The van der Waals surface area contributed by atoms with E-state index in [9.17, 15) is 4.79 Å². The Labute approximate surface area is 80.0 Å². The van der Waals surface area contributed by atoms with Gasteiger partial charge in [0.1, 0.15) is 4.88 Å². The van der Waals surface area contributed by atoms with E-state index in [0.717, 1.165) is 11.5 Å². The summed E-state index contributed by atoms with van der Waals surface area (Å²) in [6.45, 7) is 2.15. The van der Waals surface area contributed by atoms with E-state index >= 15 is 0 Å². The topological polar surface area (TPSA) is 75.1 Å². The highest BCUT2D eigenvalue weighted by atomic mass is 32.1. The van der Waals surface area contributed by atoms with Crippen molar-refractivity contribution in [1.82, 2.24) is 14.9 Å². The fourth-order valence-corrected chi connectivity index (χ4v) is 1.18. The summed E-state index contributed by atoms with van der Waals surface area (Å²) in [7, 11) is 0. The lowest BCUT2D eigenvalue weighted by molar-refractivity contribution is 0.0949. The lowest BCUT2D eigenvalue weighted by Gasteiger charge is -2.04. The van der Waals surface area contributed by atoms with Crippen LogP contribution in [0.2, 0.25) is 0 Å². The van der Waals surface area contributed by atoms with E-state index in [2.05, 4.69) is 14.9 Å². The molecule has 0 aliphatic heterocycles. The number of amides is 1. The standard InChI is InChI=1S/C7H11N3O2S/c1-5(11)2-3-8-7(12)6-4-9-10-13-6/h4-5,11H,2-3H2,1H3,(H,8,12). The van der Waals surface area contributed by atoms with Crippen molar-refractivity contribution >= 4 is 17.4 Å². The number of hydrogen-bond acceptors (Lipinski definition) is 5. The number of carbonyl (C=O) groups is 1. The number of carbonyl (C=O) groups excluding carboxylic acids is 1. The molecule has 6 heteroatoms. The molecule has 2 N–H and O–H groups in total. The Hall–Kier alpha value is -1.01. The highest BCUT2D eigenvalue weighted by molar-refractivity contribution is 7.07. The third-order valence-corrected chi connectivity index (χ3v) is 2.10. The van der Waals surface area contributed by atoms with Gasteiger partial charge in [-0.15, -0.1) is 5.10 Å². The third kappa shape index (κ3) is 3.47. The molecular weight excluding hydrogens is 190 g/mol. The van der Waals surface area contributed by atoms with E-state index in [1.807, 2.05) is 0 Å². The summed E-state index contributed by atoms with van der Waals surface area (Å²) >= 11 is 1.05. The minimum atomic E-state index is -0.389. The van der Waals surface area contributed by atoms with Crippen LogP contribution in [0.5, 0.6) is 0 Å². The zero-order chi connectivity index (χ0) is 9.68. The quantitative estimate of drug-likeness (QED) is 0.721. The number of aliphatic hydroxyl groups is 1. The largest absolute Gasteiger partial charge is 0.393 e. The van der Waals surface area contributed by atoms with Gasteiger partial charge in [-0.05, 0) is 24.9 Å². The molecule has 1 heterocycles. The van der Waals surface area contributed by atoms with Crippen LogP contribution in [0.15, 0.2) is 6.20 Å². The van der Waals surface area contributed by atoms with Crippen LogP contribution in [0, 0.1) is 0 Å². The van der Waals surface area contributed by atoms with Gasteiger partial charge in [0, 0.05) is 6.54 Å². The van der Waals surface area contributed by atoms with E-state index in [4.69, 9.17) is 5.11 Å². The smallest absolute Gasteiger partial charge is 0.264 e. The molecule has 0 aliphatic rings. The molecule has 5 nitrogen and oxygen atoms in total. The molecule has 0 aromatic carbocycles. The van der Waals surface area contributed by atoms with Crippen LogP contribution < -0.4 is 5.32 Å². The Morgan fingerprint density at radius 1 is 1.85 bits per heavy atom. The Morgan fingerprint density at radius 3 is 3.15 bits per heavy atom. The Bertz CT molecular complexity index is 261. The first-order valence-electron chi connectivity index (χ1n) is 3.94. The molecule has 72 valence electrons. The van der Waals surface area contributed by atoms with Crippen LogP contribution in [0.1, 0.15) is 23.0 Å². The van der Waals surface area contributed by atoms with E-state index in [0.29, 0.717) is 17.8 Å². The highest BCUT2D eigenvalue weighted by Crippen LogP contribution is 2.00. The van der Waals surface area contributed by atoms with E-state index < -0.39 is 0 Å². The average molecular weight is 201 g/mol. The maximum absolute atomic E-state index is 11.2. The highest BCUT2D eigenvalue weighted by Gasteiger charge is 2.07. The number of nitrogens with zero attached hydrogens (tertiary/aromatic N) is 2. The molecule has 0 aliphatic carbocycles. The zero-order valence-corrected chi connectivity index (χ0v) is 8.04. The second kappa shape index (κ2) is 4.88. The van der Waals surface area contributed by atoms with Crippen molar-refractivity contribution in [3.8, 4) is 0 Å². The summed E-state index contributed by atoms with van der Waals surface area (Å²) < 4.78 is 3.57. The first kappa shape index (κ1) is 10.1. The number of nitrogens with one attached hydrogen (secondary N) is 1. The van der Waals surface area contributed by atoms with Crippen molar-refractivity contribution in [3.05, 3.63) is 11.1 Å². The fourth-order valence-electron chi connectivity index (χ4n) is 0.749. The molecule has 0 spiro atoms. The molecule has 1 amide bonds. The third-order valence-electron chi connectivity index (χ3n) is 1.43. The van der Waals surface area contributed by atoms with Gasteiger partial charge in [0.05, 0.1) is 12.3 Å². The maximum Gasteiger partial charge on any atom is 0.264 e. The molecule has 0 radical (unpaired) electrons. The van der Waals surface area contributed by atoms with Gasteiger partial charge in [0.15, 0.2) is 0 Å². The SMILES string of the molecule is CC(O)CCNC(=O)c1cnns1. The molecule has 0 bridgehead atoms. The second-order valence-electron chi connectivity index (χ2n) is 2.68. The van der Waals surface area contributed by atoms with Gasteiger partial charge in [-0.3, -0.25) is 4.79 Å². The first-order chi connectivity index (χ1) is 6.20. The summed E-state index contributed by atoms with van der Waals surface area (Å²) in [6, 6.07) is 0. The van der Waals surface area contributed by atoms with Crippen molar-refractivity contribution in [2.45, 2.75) is 19.4 Å². The molecule has 0 fully saturated rings. The number of aromatic nitrogens is 2. The first-order valence-corrected chi connectivity index (χ1v) is 4.71. The van der Waals surface area contributed by atoms with Crippen molar-refractivity contribution in [3.63, 3.8) is 0 Å². The lowest BCUT2D eigenvalue weighted by atomic mass is 10.3. The predicted octanol–water partition coefficient (Wildman–Crippen LogP) is 0.0388. The van der Waals surface area contributed by atoms with Gasteiger partial charge >= 0.3 is 0 Å². The minimum absolute atomic E-state index is 0.185. The van der Waals surface area contributed by atoms with Crippen molar-refractivity contribution < 1.29 is 9.90 Å². The van der Waals surface area contributed by atoms with Gasteiger partial charge in [-0.1, -0.05) is 4.49 Å².